The maximum Gasteiger partial charge on any atom is 0.303 e. The number of methoxy groups -OCH3 is 1. The van der Waals surface area contributed by atoms with Gasteiger partial charge in [0.25, 0.3) is 0 Å². The highest BCUT2D eigenvalue weighted by atomic mass is 32.2. The lowest BCUT2D eigenvalue weighted by Crippen LogP contribution is -2.40. The van der Waals surface area contributed by atoms with Gasteiger partial charge in [-0.25, -0.2) is 8.42 Å². The van der Waals surface area contributed by atoms with Crippen molar-refractivity contribution in [2.24, 2.45) is 0 Å². The Morgan fingerprint density at radius 2 is 2.00 bits per heavy atom. The van der Waals surface area contributed by atoms with Crippen LogP contribution in [0.1, 0.15) is 26.7 Å². The van der Waals surface area contributed by atoms with Gasteiger partial charge in [-0.15, -0.1) is 0 Å². The second-order valence-electron chi connectivity index (χ2n) is 4.01. The van der Waals surface area contributed by atoms with Crippen LogP contribution in [0.3, 0.4) is 0 Å². The normalized spacial score (nSPS) is 12.3. The van der Waals surface area contributed by atoms with Gasteiger partial charge in [0.1, 0.15) is 0 Å². The van der Waals surface area contributed by atoms with Gasteiger partial charge in [-0.1, -0.05) is 0 Å². The Kier molecular flexibility index (Phi) is 7.33. The molecule has 7 heteroatoms. The monoisotopic (exact) mass is 267 g/mol. The van der Waals surface area contributed by atoms with Crippen molar-refractivity contribution in [3.63, 3.8) is 0 Å². The summed E-state index contributed by atoms with van der Waals surface area (Å²) in [5.74, 6) is -0.989. The van der Waals surface area contributed by atoms with Crippen LogP contribution in [0.25, 0.3) is 0 Å². The second kappa shape index (κ2) is 7.62. The first-order valence-electron chi connectivity index (χ1n) is 5.51. The van der Waals surface area contributed by atoms with Crippen LogP contribution in [-0.2, 0) is 19.6 Å². The fourth-order valence-electron chi connectivity index (χ4n) is 1.41. The van der Waals surface area contributed by atoms with E-state index in [-0.39, 0.29) is 31.4 Å². The molecule has 6 nitrogen and oxygen atoms in total. The summed E-state index contributed by atoms with van der Waals surface area (Å²) in [6, 6.07) is -0.175. The van der Waals surface area contributed by atoms with Crippen molar-refractivity contribution < 1.29 is 23.1 Å². The lowest BCUT2D eigenvalue weighted by atomic mass is 10.3. The number of hydrogen-bond donors (Lipinski definition) is 1. The summed E-state index contributed by atoms with van der Waals surface area (Å²) < 4.78 is 29.9. The zero-order valence-corrected chi connectivity index (χ0v) is 11.4. The fourth-order valence-corrected chi connectivity index (χ4v) is 3.07. The van der Waals surface area contributed by atoms with Crippen molar-refractivity contribution in [2.45, 2.75) is 32.7 Å². The van der Waals surface area contributed by atoms with Crippen molar-refractivity contribution in [1.29, 1.82) is 0 Å². The van der Waals surface area contributed by atoms with Crippen LogP contribution >= 0.6 is 0 Å². The lowest BCUT2D eigenvalue weighted by molar-refractivity contribution is -0.137. The van der Waals surface area contributed by atoms with Crippen LogP contribution in [0.4, 0.5) is 0 Å². The van der Waals surface area contributed by atoms with Crippen LogP contribution in [0.2, 0.25) is 0 Å². The van der Waals surface area contributed by atoms with Gasteiger partial charge in [-0.05, 0) is 20.3 Å². The zero-order chi connectivity index (χ0) is 13.5. The first-order valence-corrected chi connectivity index (χ1v) is 7.12. The largest absolute Gasteiger partial charge is 0.481 e. The summed E-state index contributed by atoms with van der Waals surface area (Å²) in [5, 5.41) is 8.52. The predicted octanol–water partition coefficient (Wildman–Crippen LogP) is 0.538. The van der Waals surface area contributed by atoms with Gasteiger partial charge in [-0.2, -0.15) is 4.31 Å². The molecule has 0 saturated heterocycles. The molecule has 1 N–H and O–H groups in total. The molecule has 0 aromatic heterocycles. The van der Waals surface area contributed by atoms with E-state index in [4.69, 9.17) is 9.84 Å². The molecule has 0 aromatic rings. The van der Waals surface area contributed by atoms with Gasteiger partial charge >= 0.3 is 5.97 Å². The van der Waals surface area contributed by atoms with E-state index in [1.165, 1.54) is 11.4 Å². The van der Waals surface area contributed by atoms with E-state index < -0.39 is 16.0 Å². The summed E-state index contributed by atoms with van der Waals surface area (Å²) in [4.78, 5) is 10.4. The molecule has 0 aliphatic heterocycles. The van der Waals surface area contributed by atoms with E-state index in [9.17, 15) is 13.2 Å². The topological polar surface area (TPSA) is 83.9 Å². The van der Waals surface area contributed by atoms with Crippen molar-refractivity contribution in [3.05, 3.63) is 0 Å². The highest BCUT2D eigenvalue weighted by Gasteiger charge is 2.24. The Balaban J connectivity index is 4.45. The fraction of sp³-hybridized carbons (Fsp3) is 0.900. The highest BCUT2D eigenvalue weighted by molar-refractivity contribution is 7.89. The zero-order valence-electron chi connectivity index (χ0n) is 10.5. The number of ether oxygens (including phenoxy) is 1. The Morgan fingerprint density at radius 3 is 2.41 bits per heavy atom. The molecule has 0 amide bonds. The van der Waals surface area contributed by atoms with Gasteiger partial charge in [0, 0.05) is 26.1 Å². The SMILES string of the molecule is COCCS(=O)(=O)N(CCCC(=O)O)C(C)C. The molecule has 0 aliphatic carbocycles. The average Bonchev–Trinajstić information content (AvgIpc) is 2.20. The third kappa shape index (κ3) is 6.60. The maximum absolute atomic E-state index is 11.9. The van der Waals surface area contributed by atoms with Crippen LogP contribution in [0.5, 0.6) is 0 Å². The Hall–Kier alpha value is -0.660. The van der Waals surface area contributed by atoms with Crippen molar-refractivity contribution in [1.82, 2.24) is 4.31 Å². The van der Waals surface area contributed by atoms with Gasteiger partial charge in [0.15, 0.2) is 0 Å². The number of carbonyl (C=O) groups is 1. The molecule has 0 unspecified atom stereocenters. The van der Waals surface area contributed by atoms with E-state index in [1.807, 2.05) is 0 Å². The first-order chi connectivity index (χ1) is 7.81. The van der Waals surface area contributed by atoms with Crippen molar-refractivity contribution in [3.8, 4) is 0 Å². The molecule has 0 saturated carbocycles. The quantitative estimate of drug-likeness (QED) is 0.659. The van der Waals surface area contributed by atoms with E-state index in [1.54, 1.807) is 13.8 Å². The number of sulfonamides is 1. The lowest BCUT2D eigenvalue weighted by Gasteiger charge is -2.25. The van der Waals surface area contributed by atoms with Gasteiger partial charge in [0.2, 0.25) is 10.0 Å². The summed E-state index contributed by atoms with van der Waals surface area (Å²) in [6.07, 6.45) is 0.294. The standard InChI is InChI=1S/C10H21NO5S/c1-9(2)11(6-4-5-10(12)13)17(14,15)8-7-16-3/h9H,4-8H2,1-3H3,(H,12,13). The summed E-state index contributed by atoms with van der Waals surface area (Å²) in [5.41, 5.74) is 0. The van der Waals surface area contributed by atoms with Gasteiger partial charge in [-0.3, -0.25) is 4.79 Å². The van der Waals surface area contributed by atoms with Crippen molar-refractivity contribution >= 4 is 16.0 Å². The molecule has 0 spiro atoms. The molecular formula is C10H21NO5S. The van der Waals surface area contributed by atoms with Crippen LogP contribution in [0.15, 0.2) is 0 Å². The molecule has 0 radical (unpaired) electrons. The van der Waals surface area contributed by atoms with E-state index in [0.717, 1.165) is 0 Å². The molecule has 0 aliphatic rings. The van der Waals surface area contributed by atoms with Gasteiger partial charge < -0.3 is 9.84 Å². The number of carboxylic acids is 1. The van der Waals surface area contributed by atoms with Gasteiger partial charge in [0.05, 0.1) is 12.4 Å². The maximum atomic E-state index is 11.9. The Morgan fingerprint density at radius 1 is 1.41 bits per heavy atom. The molecule has 0 fully saturated rings. The van der Waals surface area contributed by atoms with E-state index in [0.29, 0.717) is 6.42 Å². The molecule has 0 heterocycles. The second-order valence-corrected chi connectivity index (χ2v) is 6.05. The van der Waals surface area contributed by atoms with E-state index in [2.05, 4.69) is 0 Å². The smallest absolute Gasteiger partial charge is 0.303 e. The van der Waals surface area contributed by atoms with Crippen LogP contribution in [-0.4, -0.2) is 55.9 Å². The number of rotatable bonds is 9. The average molecular weight is 267 g/mol. The van der Waals surface area contributed by atoms with Crippen LogP contribution in [0, 0.1) is 0 Å². The number of nitrogens with zero attached hydrogens (tertiary/aromatic N) is 1. The first kappa shape index (κ1) is 16.3. The minimum Gasteiger partial charge on any atom is -0.481 e. The number of hydrogen-bond acceptors (Lipinski definition) is 4. The Bertz CT molecular complexity index is 326. The minimum absolute atomic E-state index is 0.0248. The summed E-state index contributed by atoms with van der Waals surface area (Å²) in [7, 11) is -1.92. The molecule has 0 atom stereocenters. The van der Waals surface area contributed by atoms with Crippen LogP contribution < -0.4 is 0 Å². The third-order valence-electron chi connectivity index (χ3n) is 2.25. The minimum atomic E-state index is -3.37. The molecule has 0 aromatic carbocycles. The summed E-state index contributed by atoms with van der Waals surface area (Å²) in [6.45, 7) is 3.91. The molecule has 17 heavy (non-hydrogen) atoms. The molecule has 0 rings (SSSR count). The Labute approximate surface area is 103 Å². The molecular weight excluding hydrogens is 246 g/mol. The number of carboxylic acid groups (broad SMARTS) is 1. The molecule has 0 bridgehead atoms. The molecule has 102 valence electrons. The summed E-state index contributed by atoms with van der Waals surface area (Å²) >= 11 is 0. The predicted molar refractivity (Wildman–Crippen MR) is 64.4 cm³/mol. The number of aliphatic carboxylic acids is 1. The highest BCUT2D eigenvalue weighted by Crippen LogP contribution is 2.09. The van der Waals surface area contributed by atoms with Crippen molar-refractivity contribution in [2.75, 3.05) is 26.0 Å². The third-order valence-corrected chi connectivity index (χ3v) is 4.25. The van der Waals surface area contributed by atoms with E-state index >= 15 is 0 Å².